The van der Waals surface area contributed by atoms with Crippen LogP contribution in [0, 0.1) is 5.92 Å². The molecule has 0 aromatic heterocycles. The molecule has 0 aromatic rings. The first-order valence-corrected chi connectivity index (χ1v) is 7.67. The van der Waals surface area contributed by atoms with Crippen LogP contribution in [-0.4, -0.2) is 74.4 Å². The van der Waals surface area contributed by atoms with E-state index in [4.69, 9.17) is 9.47 Å². The van der Waals surface area contributed by atoms with Crippen molar-refractivity contribution in [1.82, 2.24) is 9.80 Å². The van der Waals surface area contributed by atoms with Gasteiger partial charge in [-0.15, -0.1) is 0 Å². The number of likely N-dealkylation sites (tertiary alicyclic amines) is 1. The molecule has 4 atom stereocenters. The third-order valence-corrected chi connectivity index (χ3v) is 4.45. The molecule has 2 fully saturated rings. The van der Waals surface area contributed by atoms with Crippen LogP contribution in [0.25, 0.3) is 0 Å². The molecule has 2 rings (SSSR count). The van der Waals surface area contributed by atoms with Gasteiger partial charge in [0.05, 0.1) is 12.7 Å². The number of likely N-dealkylation sites (N-methyl/N-ethyl adjacent to an activating group) is 1. The van der Waals surface area contributed by atoms with E-state index in [9.17, 15) is 4.79 Å². The summed E-state index contributed by atoms with van der Waals surface area (Å²) in [5.41, 5.74) is 0. The molecule has 20 heavy (non-hydrogen) atoms. The Morgan fingerprint density at radius 3 is 2.75 bits per heavy atom. The van der Waals surface area contributed by atoms with E-state index in [2.05, 4.69) is 25.9 Å². The fourth-order valence-electron chi connectivity index (χ4n) is 3.16. The predicted molar refractivity (Wildman–Crippen MR) is 77.6 cm³/mol. The Hall–Kier alpha value is -0.650. The Morgan fingerprint density at radius 2 is 2.20 bits per heavy atom. The van der Waals surface area contributed by atoms with E-state index in [0.29, 0.717) is 18.6 Å². The van der Waals surface area contributed by atoms with E-state index < -0.39 is 0 Å². The molecule has 0 N–H and O–H groups in total. The van der Waals surface area contributed by atoms with Gasteiger partial charge in [0, 0.05) is 25.7 Å². The van der Waals surface area contributed by atoms with Crippen molar-refractivity contribution in [1.29, 1.82) is 0 Å². The molecule has 1 amide bonds. The first kappa shape index (κ1) is 15.7. The van der Waals surface area contributed by atoms with Crippen LogP contribution < -0.4 is 0 Å². The lowest BCUT2D eigenvalue weighted by atomic mass is 10.1. The molecule has 2 saturated heterocycles. The molecule has 0 saturated carbocycles. The number of nitrogens with zero attached hydrogens (tertiary/aromatic N) is 2. The molecular formula is C15H28N2O3. The van der Waals surface area contributed by atoms with Crippen LogP contribution in [0.15, 0.2) is 0 Å². The second-order valence-corrected chi connectivity index (χ2v) is 6.36. The summed E-state index contributed by atoms with van der Waals surface area (Å²) in [7, 11) is 4.15. The normalized spacial score (nSPS) is 32.0. The van der Waals surface area contributed by atoms with Gasteiger partial charge < -0.3 is 19.3 Å². The molecule has 0 unspecified atom stereocenters. The SMILES string of the molecule is C[C@H](OC[C@@H]1CCCO1)C(=O)N1C[C@@H](C)[C@H](N(C)C)C1. The summed E-state index contributed by atoms with van der Waals surface area (Å²) < 4.78 is 11.2. The van der Waals surface area contributed by atoms with Crippen LogP contribution in [0.1, 0.15) is 26.7 Å². The second kappa shape index (κ2) is 6.87. The van der Waals surface area contributed by atoms with Crippen molar-refractivity contribution < 1.29 is 14.3 Å². The van der Waals surface area contributed by atoms with Gasteiger partial charge in [0.15, 0.2) is 0 Å². The molecule has 0 spiro atoms. The summed E-state index contributed by atoms with van der Waals surface area (Å²) in [4.78, 5) is 16.5. The lowest BCUT2D eigenvalue weighted by Gasteiger charge is -2.24. The quantitative estimate of drug-likeness (QED) is 0.755. The molecule has 2 aliphatic heterocycles. The van der Waals surface area contributed by atoms with Crippen LogP contribution in [0.5, 0.6) is 0 Å². The summed E-state index contributed by atoms with van der Waals surface area (Å²) in [6.45, 7) is 7.05. The van der Waals surface area contributed by atoms with Crippen molar-refractivity contribution in [2.75, 3.05) is 40.4 Å². The van der Waals surface area contributed by atoms with E-state index in [1.165, 1.54) is 0 Å². The lowest BCUT2D eigenvalue weighted by molar-refractivity contribution is -0.143. The molecule has 0 aliphatic carbocycles. The summed E-state index contributed by atoms with van der Waals surface area (Å²) in [5.74, 6) is 0.624. The van der Waals surface area contributed by atoms with Gasteiger partial charge in [-0.3, -0.25) is 4.79 Å². The molecule has 2 aliphatic rings. The van der Waals surface area contributed by atoms with Crippen molar-refractivity contribution >= 4 is 5.91 Å². The van der Waals surface area contributed by atoms with Crippen LogP contribution >= 0.6 is 0 Å². The Morgan fingerprint density at radius 1 is 1.45 bits per heavy atom. The highest BCUT2D eigenvalue weighted by molar-refractivity contribution is 5.80. The van der Waals surface area contributed by atoms with E-state index in [1.54, 1.807) is 0 Å². The van der Waals surface area contributed by atoms with Crippen molar-refractivity contribution in [3.05, 3.63) is 0 Å². The maximum Gasteiger partial charge on any atom is 0.251 e. The maximum atomic E-state index is 12.4. The molecule has 0 radical (unpaired) electrons. The summed E-state index contributed by atoms with van der Waals surface area (Å²) in [6.07, 6.45) is 1.96. The number of hydrogen-bond acceptors (Lipinski definition) is 4. The van der Waals surface area contributed by atoms with E-state index in [-0.39, 0.29) is 18.1 Å². The number of amides is 1. The first-order valence-electron chi connectivity index (χ1n) is 7.67. The third kappa shape index (κ3) is 3.71. The van der Waals surface area contributed by atoms with Crippen LogP contribution in [0.4, 0.5) is 0 Å². The number of rotatable bonds is 5. The van der Waals surface area contributed by atoms with Crippen molar-refractivity contribution in [2.24, 2.45) is 5.92 Å². The van der Waals surface area contributed by atoms with Crippen molar-refractivity contribution in [3.8, 4) is 0 Å². The molecule has 2 heterocycles. The smallest absolute Gasteiger partial charge is 0.251 e. The monoisotopic (exact) mass is 284 g/mol. The topological polar surface area (TPSA) is 42.0 Å². The van der Waals surface area contributed by atoms with Gasteiger partial charge >= 0.3 is 0 Å². The fraction of sp³-hybridized carbons (Fsp3) is 0.933. The molecule has 0 bridgehead atoms. The number of ether oxygens (including phenoxy) is 2. The molecular weight excluding hydrogens is 256 g/mol. The molecule has 0 aromatic carbocycles. The number of carbonyl (C=O) groups is 1. The van der Waals surface area contributed by atoms with Crippen molar-refractivity contribution in [3.63, 3.8) is 0 Å². The second-order valence-electron chi connectivity index (χ2n) is 6.36. The minimum absolute atomic E-state index is 0.110. The zero-order valence-electron chi connectivity index (χ0n) is 13.2. The van der Waals surface area contributed by atoms with E-state index >= 15 is 0 Å². The average molecular weight is 284 g/mol. The molecule has 5 heteroatoms. The van der Waals surface area contributed by atoms with Crippen molar-refractivity contribution in [2.45, 2.75) is 44.9 Å². The lowest BCUT2D eigenvalue weighted by Crippen LogP contribution is -2.40. The van der Waals surface area contributed by atoms with Crippen LogP contribution in [0.2, 0.25) is 0 Å². The summed E-state index contributed by atoms with van der Waals surface area (Å²) in [6, 6.07) is 0.448. The number of carbonyl (C=O) groups excluding carboxylic acids is 1. The average Bonchev–Trinajstić information content (AvgIpc) is 3.04. The Kier molecular flexibility index (Phi) is 5.41. The zero-order chi connectivity index (χ0) is 14.7. The minimum Gasteiger partial charge on any atom is -0.376 e. The van der Waals surface area contributed by atoms with Gasteiger partial charge in [-0.1, -0.05) is 6.92 Å². The largest absolute Gasteiger partial charge is 0.376 e. The highest BCUT2D eigenvalue weighted by atomic mass is 16.5. The zero-order valence-corrected chi connectivity index (χ0v) is 13.2. The van der Waals surface area contributed by atoms with Gasteiger partial charge in [0.25, 0.3) is 5.91 Å². The minimum atomic E-state index is -0.368. The Labute approximate surface area is 122 Å². The van der Waals surface area contributed by atoms with Gasteiger partial charge in [-0.2, -0.15) is 0 Å². The van der Waals surface area contributed by atoms with Crippen LogP contribution in [-0.2, 0) is 14.3 Å². The van der Waals surface area contributed by atoms with Gasteiger partial charge in [-0.05, 0) is 39.8 Å². The maximum absolute atomic E-state index is 12.4. The number of hydrogen-bond donors (Lipinski definition) is 0. The Bertz CT molecular complexity index is 329. The summed E-state index contributed by atoms with van der Waals surface area (Å²) >= 11 is 0. The molecule has 5 nitrogen and oxygen atoms in total. The summed E-state index contributed by atoms with van der Waals surface area (Å²) in [5, 5.41) is 0. The predicted octanol–water partition coefficient (Wildman–Crippen LogP) is 0.979. The van der Waals surface area contributed by atoms with Gasteiger partial charge in [0.1, 0.15) is 6.10 Å². The van der Waals surface area contributed by atoms with Crippen LogP contribution in [0.3, 0.4) is 0 Å². The van der Waals surface area contributed by atoms with E-state index in [0.717, 1.165) is 32.5 Å². The fourth-order valence-corrected chi connectivity index (χ4v) is 3.16. The Balaban J connectivity index is 1.78. The van der Waals surface area contributed by atoms with E-state index in [1.807, 2.05) is 11.8 Å². The first-order chi connectivity index (χ1) is 9.49. The highest BCUT2D eigenvalue weighted by Crippen LogP contribution is 2.21. The van der Waals surface area contributed by atoms with Gasteiger partial charge in [-0.25, -0.2) is 0 Å². The van der Waals surface area contributed by atoms with Gasteiger partial charge in [0.2, 0.25) is 0 Å². The standard InChI is InChI=1S/C15H28N2O3/c1-11-8-17(9-14(11)16(3)4)15(18)12(2)20-10-13-6-5-7-19-13/h11-14H,5-10H2,1-4H3/t11-,12+,13+,14-/m1/s1. The third-order valence-electron chi connectivity index (χ3n) is 4.45. The molecule has 116 valence electrons. The highest BCUT2D eigenvalue weighted by Gasteiger charge is 2.35.